The molecule has 0 spiro atoms. The normalized spacial score (nSPS) is 17.3. The lowest BCUT2D eigenvalue weighted by molar-refractivity contribution is -0.143. The highest BCUT2D eigenvalue weighted by molar-refractivity contribution is 5.94. The first-order chi connectivity index (χ1) is 15.6. The van der Waals surface area contributed by atoms with Gasteiger partial charge in [0.05, 0.1) is 6.04 Å². The van der Waals surface area contributed by atoms with Gasteiger partial charge in [-0.3, -0.25) is 14.5 Å². The average molecular weight is 472 g/mol. The van der Waals surface area contributed by atoms with Crippen LogP contribution in [0.4, 0.5) is 0 Å². The van der Waals surface area contributed by atoms with Crippen LogP contribution in [0, 0.1) is 11.3 Å². The van der Waals surface area contributed by atoms with Crippen LogP contribution >= 0.6 is 0 Å². The average Bonchev–Trinajstić information content (AvgIpc) is 3.14. The van der Waals surface area contributed by atoms with E-state index < -0.39 is 29.0 Å². The van der Waals surface area contributed by atoms with Crippen molar-refractivity contribution in [1.29, 1.82) is 0 Å². The molecule has 2 amide bonds. The lowest BCUT2D eigenvalue weighted by Crippen LogP contribution is -2.63. The maximum absolute atomic E-state index is 13.8. The van der Waals surface area contributed by atoms with E-state index >= 15 is 0 Å². The molecule has 0 radical (unpaired) electrons. The first kappa shape index (κ1) is 27.6. The molecule has 0 bridgehead atoms. The Hall–Kier alpha value is -2.67. The molecule has 188 valence electrons. The van der Waals surface area contributed by atoms with Gasteiger partial charge in [-0.05, 0) is 43.5 Å². The van der Waals surface area contributed by atoms with E-state index in [-0.39, 0.29) is 23.3 Å². The summed E-state index contributed by atoms with van der Waals surface area (Å²) in [5.41, 5.74) is 1.16. The number of carbonyl (C=O) groups is 3. The minimum absolute atomic E-state index is 0.00276. The van der Waals surface area contributed by atoms with Crippen molar-refractivity contribution in [3.05, 3.63) is 47.0 Å². The maximum atomic E-state index is 13.8. The molecule has 34 heavy (non-hydrogen) atoms. The quantitative estimate of drug-likeness (QED) is 0.569. The van der Waals surface area contributed by atoms with Crippen LogP contribution in [0.25, 0.3) is 0 Å². The molecule has 2 N–H and O–H groups in total. The van der Waals surface area contributed by atoms with Crippen LogP contribution in [0.1, 0.15) is 52.7 Å². The summed E-state index contributed by atoms with van der Waals surface area (Å²) in [6, 6.07) is 6.89. The van der Waals surface area contributed by atoms with E-state index in [9.17, 15) is 19.5 Å². The van der Waals surface area contributed by atoms with Crippen molar-refractivity contribution in [3.8, 4) is 0 Å². The summed E-state index contributed by atoms with van der Waals surface area (Å²) in [6.07, 6.45) is 2.78. The Kier molecular flexibility index (Phi) is 8.35. The predicted molar refractivity (Wildman–Crippen MR) is 134 cm³/mol. The van der Waals surface area contributed by atoms with Gasteiger partial charge in [-0.25, -0.2) is 4.79 Å². The van der Waals surface area contributed by atoms with Gasteiger partial charge < -0.3 is 15.3 Å². The molecule has 1 aromatic rings. The fourth-order valence-electron chi connectivity index (χ4n) is 4.62. The highest BCUT2D eigenvalue weighted by Crippen LogP contribution is 2.34. The lowest BCUT2D eigenvalue weighted by atomic mass is 9.83. The summed E-state index contributed by atoms with van der Waals surface area (Å²) >= 11 is 0. The number of amides is 2. The number of hydrogen-bond acceptors (Lipinski definition) is 4. The van der Waals surface area contributed by atoms with E-state index in [1.807, 2.05) is 65.7 Å². The van der Waals surface area contributed by atoms with E-state index in [1.54, 1.807) is 18.0 Å². The van der Waals surface area contributed by atoms with Gasteiger partial charge in [0, 0.05) is 25.5 Å². The Morgan fingerprint density at radius 3 is 1.94 bits per heavy atom. The first-order valence-corrected chi connectivity index (χ1v) is 11.9. The SMILES string of the molecule is C/C(=C\[C@H](C(C)C)N(C)C(=O)[C@@H](NC(=O)C1(N(C)C)Cc2ccccc2C1)C(C)(C)C)C(=O)O. The summed E-state index contributed by atoms with van der Waals surface area (Å²) in [6.45, 7) is 11.2. The highest BCUT2D eigenvalue weighted by Gasteiger charge is 2.48. The zero-order valence-electron chi connectivity index (χ0n) is 22.1. The molecule has 1 aromatic carbocycles. The van der Waals surface area contributed by atoms with E-state index in [0.29, 0.717) is 12.8 Å². The number of carboxylic acid groups (broad SMARTS) is 1. The van der Waals surface area contributed by atoms with Gasteiger partial charge in [-0.1, -0.05) is 65.0 Å². The number of benzene rings is 1. The standard InChI is InChI=1S/C27H41N3O4/c1-17(2)21(14-18(3)24(32)33)30(9)23(31)22(26(4,5)6)28-25(34)27(29(7)8)15-19-12-10-11-13-20(19)16-27/h10-14,17,21-22H,15-16H2,1-9H3,(H,28,34)(H,32,33)/b18-14+/t21-,22-/m1/s1. The van der Waals surface area contributed by atoms with Crippen LogP contribution in [-0.4, -0.2) is 71.5 Å². The lowest BCUT2D eigenvalue weighted by Gasteiger charge is -2.41. The van der Waals surface area contributed by atoms with Gasteiger partial charge in [0.2, 0.25) is 11.8 Å². The van der Waals surface area contributed by atoms with Gasteiger partial charge in [-0.15, -0.1) is 0 Å². The second kappa shape index (κ2) is 10.3. The number of nitrogens with zero attached hydrogens (tertiary/aromatic N) is 2. The zero-order valence-corrected chi connectivity index (χ0v) is 22.1. The van der Waals surface area contributed by atoms with Gasteiger partial charge in [0.25, 0.3) is 0 Å². The number of aliphatic carboxylic acids is 1. The summed E-state index contributed by atoms with van der Waals surface area (Å²) in [7, 11) is 5.48. The number of hydrogen-bond donors (Lipinski definition) is 2. The molecular weight excluding hydrogens is 430 g/mol. The molecule has 0 aromatic heterocycles. The Morgan fingerprint density at radius 1 is 1.06 bits per heavy atom. The van der Waals surface area contributed by atoms with Crippen molar-refractivity contribution < 1.29 is 19.5 Å². The summed E-state index contributed by atoms with van der Waals surface area (Å²) < 4.78 is 0. The molecule has 7 nitrogen and oxygen atoms in total. The number of likely N-dealkylation sites (N-methyl/N-ethyl adjacent to an activating group) is 2. The monoisotopic (exact) mass is 471 g/mol. The molecule has 0 unspecified atom stereocenters. The van der Waals surface area contributed by atoms with Gasteiger partial charge in [0.1, 0.15) is 11.6 Å². The van der Waals surface area contributed by atoms with Crippen molar-refractivity contribution >= 4 is 17.8 Å². The van der Waals surface area contributed by atoms with Crippen LogP contribution in [-0.2, 0) is 27.2 Å². The van der Waals surface area contributed by atoms with Gasteiger partial charge in [-0.2, -0.15) is 0 Å². The predicted octanol–water partition coefficient (Wildman–Crippen LogP) is 3.13. The number of carboxylic acids is 1. The van der Waals surface area contributed by atoms with Gasteiger partial charge in [0.15, 0.2) is 0 Å². The number of fused-ring (bicyclic) bond motifs is 1. The third kappa shape index (κ3) is 5.69. The third-order valence-electron chi connectivity index (χ3n) is 6.99. The fraction of sp³-hybridized carbons (Fsp3) is 0.593. The molecule has 2 atom stereocenters. The summed E-state index contributed by atoms with van der Waals surface area (Å²) in [5.74, 6) is -1.43. The van der Waals surface area contributed by atoms with E-state index in [0.717, 1.165) is 11.1 Å². The molecule has 0 heterocycles. The number of rotatable bonds is 8. The largest absolute Gasteiger partial charge is 0.478 e. The van der Waals surface area contributed by atoms with Crippen LogP contribution < -0.4 is 5.32 Å². The fourth-order valence-corrected chi connectivity index (χ4v) is 4.62. The Balaban J connectivity index is 2.37. The smallest absolute Gasteiger partial charge is 0.331 e. The van der Waals surface area contributed by atoms with E-state index in [1.165, 1.54) is 6.92 Å². The molecule has 1 aliphatic rings. The van der Waals surface area contributed by atoms with Crippen molar-refractivity contribution in [2.45, 2.75) is 72.0 Å². The summed E-state index contributed by atoms with van der Waals surface area (Å²) in [4.78, 5) is 42.5. The molecule has 1 aliphatic carbocycles. The van der Waals surface area contributed by atoms with E-state index in [4.69, 9.17) is 0 Å². The van der Waals surface area contributed by atoms with Crippen LogP contribution in [0.3, 0.4) is 0 Å². The van der Waals surface area contributed by atoms with Crippen LogP contribution in [0.5, 0.6) is 0 Å². The third-order valence-corrected chi connectivity index (χ3v) is 6.99. The molecule has 2 rings (SSSR count). The Labute approximate surface area is 204 Å². The Morgan fingerprint density at radius 2 is 1.56 bits per heavy atom. The van der Waals surface area contributed by atoms with Crippen LogP contribution in [0.2, 0.25) is 0 Å². The molecule has 0 saturated heterocycles. The maximum Gasteiger partial charge on any atom is 0.331 e. The molecule has 0 fully saturated rings. The minimum Gasteiger partial charge on any atom is -0.478 e. The first-order valence-electron chi connectivity index (χ1n) is 11.9. The van der Waals surface area contributed by atoms with Crippen molar-refractivity contribution in [2.24, 2.45) is 11.3 Å². The topological polar surface area (TPSA) is 90.0 Å². The van der Waals surface area contributed by atoms with Gasteiger partial charge >= 0.3 is 5.97 Å². The van der Waals surface area contributed by atoms with E-state index in [2.05, 4.69) is 17.4 Å². The number of carbonyl (C=O) groups excluding carboxylic acids is 2. The highest BCUT2D eigenvalue weighted by atomic mass is 16.4. The number of nitrogens with one attached hydrogen (secondary N) is 1. The van der Waals surface area contributed by atoms with Crippen molar-refractivity contribution in [1.82, 2.24) is 15.1 Å². The second-order valence-corrected chi connectivity index (χ2v) is 11.2. The Bertz CT molecular complexity index is 934. The minimum atomic E-state index is -1.01. The molecule has 0 aliphatic heterocycles. The molecule has 0 saturated carbocycles. The van der Waals surface area contributed by atoms with Crippen molar-refractivity contribution in [3.63, 3.8) is 0 Å². The van der Waals surface area contributed by atoms with Crippen LogP contribution in [0.15, 0.2) is 35.9 Å². The summed E-state index contributed by atoms with van der Waals surface area (Å²) in [5, 5.41) is 12.4. The molecular formula is C27H41N3O4. The zero-order chi connectivity index (χ0) is 26.0. The molecule has 7 heteroatoms. The van der Waals surface area contributed by atoms with Crippen molar-refractivity contribution in [2.75, 3.05) is 21.1 Å². The second-order valence-electron chi connectivity index (χ2n) is 11.2.